The zero-order chi connectivity index (χ0) is 11.7. The van der Waals surface area contributed by atoms with Gasteiger partial charge in [0.15, 0.2) is 0 Å². The largest absolute Gasteiger partial charge is 0.481 e. The highest BCUT2D eigenvalue weighted by atomic mass is 16.5. The van der Waals surface area contributed by atoms with Gasteiger partial charge in [0.1, 0.15) is 0 Å². The first kappa shape index (κ1) is 14.9. The van der Waals surface area contributed by atoms with Crippen LogP contribution in [0.2, 0.25) is 0 Å². The minimum absolute atomic E-state index is 0.0833. The maximum Gasteiger partial charge on any atom is 0.307 e. The van der Waals surface area contributed by atoms with Gasteiger partial charge in [0.05, 0.1) is 12.2 Å². The summed E-state index contributed by atoms with van der Waals surface area (Å²) in [4.78, 5) is 19.7. The van der Waals surface area contributed by atoms with Crippen LogP contribution in [0.1, 0.15) is 27.2 Å². The molecule has 0 aliphatic rings. The molecule has 80 valence electrons. The highest BCUT2D eigenvalue weighted by molar-refractivity contribution is 5.69. The van der Waals surface area contributed by atoms with Crippen LogP contribution in [-0.2, 0) is 14.3 Å². The lowest BCUT2D eigenvalue weighted by molar-refractivity contribution is -0.137. The SMILES string of the molecule is C=C(C)CC(=O)O.C=C(C)OC(C)=O. The molecule has 0 spiro atoms. The molecule has 14 heavy (non-hydrogen) atoms. The van der Waals surface area contributed by atoms with E-state index in [0.717, 1.165) is 0 Å². The molecule has 0 fully saturated rings. The Kier molecular flexibility index (Phi) is 8.57. The number of carbonyl (C=O) groups excluding carboxylic acids is 1. The Labute approximate surface area is 83.9 Å². The van der Waals surface area contributed by atoms with Gasteiger partial charge in [-0.1, -0.05) is 18.7 Å². The van der Waals surface area contributed by atoms with Gasteiger partial charge in [-0.3, -0.25) is 9.59 Å². The molecule has 0 aromatic heterocycles. The lowest BCUT2D eigenvalue weighted by Gasteiger charge is -1.93. The van der Waals surface area contributed by atoms with Crippen molar-refractivity contribution >= 4 is 11.9 Å². The molecule has 0 aromatic carbocycles. The van der Waals surface area contributed by atoms with Gasteiger partial charge in [0, 0.05) is 6.92 Å². The summed E-state index contributed by atoms with van der Waals surface area (Å²) in [6, 6.07) is 0. The van der Waals surface area contributed by atoms with E-state index in [1.807, 2.05) is 0 Å². The van der Waals surface area contributed by atoms with E-state index >= 15 is 0 Å². The molecule has 0 saturated carbocycles. The minimum Gasteiger partial charge on any atom is -0.481 e. The summed E-state index contributed by atoms with van der Waals surface area (Å²) >= 11 is 0. The Hall–Kier alpha value is -1.58. The fourth-order valence-electron chi connectivity index (χ4n) is 0.504. The molecule has 0 aromatic rings. The number of hydrogen-bond acceptors (Lipinski definition) is 3. The van der Waals surface area contributed by atoms with E-state index in [0.29, 0.717) is 11.3 Å². The number of carboxylic acids is 1. The zero-order valence-electron chi connectivity index (χ0n) is 8.79. The van der Waals surface area contributed by atoms with Gasteiger partial charge in [-0.05, 0) is 13.8 Å². The lowest BCUT2D eigenvalue weighted by Crippen LogP contribution is -1.93. The van der Waals surface area contributed by atoms with Crippen LogP contribution in [0.25, 0.3) is 0 Å². The predicted molar refractivity (Wildman–Crippen MR) is 53.6 cm³/mol. The number of esters is 1. The third-order valence-corrected chi connectivity index (χ3v) is 0.771. The Morgan fingerprint density at radius 1 is 1.21 bits per heavy atom. The molecule has 0 saturated heterocycles. The number of allylic oxidation sites excluding steroid dienone is 1. The second-order valence-corrected chi connectivity index (χ2v) is 2.82. The van der Waals surface area contributed by atoms with Crippen LogP contribution < -0.4 is 0 Å². The van der Waals surface area contributed by atoms with Gasteiger partial charge in [0.2, 0.25) is 0 Å². The fourth-order valence-corrected chi connectivity index (χ4v) is 0.504. The topological polar surface area (TPSA) is 63.6 Å². The maximum atomic E-state index is 9.97. The highest BCUT2D eigenvalue weighted by Gasteiger charge is 1.92. The van der Waals surface area contributed by atoms with E-state index in [9.17, 15) is 9.59 Å². The Balaban J connectivity index is 0. The molecule has 0 unspecified atom stereocenters. The number of carboxylic acid groups (broad SMARTS) is 1. The molecule has 0 aliphatic heterocycles. The molecule has 0 rings (SSSR count). The predicted octanol–water partition coefficient (Wildman–Crippen LogP) is 2.12. The Bertz CT molecular complexity index is 191. The van der Waals surface area contributed by atoms with Crippen LogP contribution in [0.4, 0.5) is 0 Å². The summed E-state index contributed by atoms with van der Waals surface area (Å²) < 4.78 is 4.42. The van der Waals surface area contributed by atoms with Crippen LogP contribution in [0, 0.1) is 0 Å². The van der Waals surface area contributed by atoms with Gasteiger partial charge in [-0.25, -0.2) is 0 Å². The molecule has 0 heterocycles. The normalized spacial score (nSPS) is 7.93. The molecular weight excluding hydrogens is 184 g/mol. The van der Waals surface area contributed by atoms with Gasteiger partial charge in [-0.15, -0.1) is 0 Å². The summed E-state index contributed by atoms with van der Waals surface area (Å²) in [6.45, 7) is 11.4. The van der Waals surface area contributed by atoms with Crippen molar-refractivity contribution in [2.45, 2.75) is 27.2 Å². The van der Waals surface area contributed by atoms with Crippen molar-refractivity contribution in [1.29, 1.82) is 0 Å². The monoisotopic (exact) mass is 200 g/mol. The van der Waals surface area contributed by atoms with Crippen molar-refractivity contribution in [3.05, 3.63) is 24.5 Å². The van der Waals surface area contributed by atoms with E-state index in [-0.39, 0.29) is 12.4 Å². The summed E-state index contributed by atoms with van der Waals surface area (Å²) in [5.74, 6) is -0.687. The third-order valence-electron chi connectivity index (χ3n) is 0.771. The second-order valence-electron chi connectivity index (χ2n) is 2.82. The van der Waals surface area contributed by atoms with Crippen molar-refractivity contribution in [2.75, 3.05) is 0 Å². The first-order valence-corrected chi connectivity index (χ1v) is 3.95. The Morgan fingerprint density at radius 3 is 1.64 bits per heavy atom. The minimum atomic E-state index is -0.812. The lowest BCUT2D eigenvalue weighted by atomic mass is 10.2. The molecule has 0 atom stereocenters. The number of carbonyl (C=O) groups is 2. The molecule has 1 N–H and O–H groups in total. The van der Waals surface area contributed by atoms with Gasteiger partial charge >= 0.3 is 11.9 Å². The molecule has 0 aliphatic carbocycles. The van der Waals surface area contributed by atoms with Crippen LogP contribution in [0.15, 0.2) is 24.5 Å². The van der Waals surface area contributed by atoms with Crippen LogP contribution in [0.5, 0.6) is 0 Å². The third kappa shape index (κ3) is 22.4. The highest BCUT2D eigenvalue weighted by Crippen LogP contribution is 1.92. The number of aliphatic carboxylic acids is 1. The summed E-state index contributed by atoms with van der Waals surface area (Å²) in [6.07, 6.45) is 0.0833. The van der Waals surface area contributed by atoms with Crippen LogP contribution >= 0.6 is 0 Å². The fraction of sp³-hybridized carbons (Fsp3) is 0.400. The standard InChI is InChI=1S/2C5H8O2/c1-4(2)7-5(3)6;1-4(2)3-5(6)7/h1H2,2-3H3;1,3H2,2H3,(H,6,7). The summed E-state index contributed by atoms with van der Waals surface area (Å²) in [5, 5.41) is 8.02. The van der Waals surface area contributed by atoms with Crippen molar-refractivity contribution in [3.63, 3.8) is 0 Å². The van der Waals surface area contributed by atoms with Gasteiger partial charge in [-0.2, -0.15) is 0 Å². The van der Waals surface area contributed by atoms with E-state index in [2.05, 4.69) is 17.9 Å². The molecule has 4 heteroatoms. The molecule has 0 bridgehead atoms. The quantitative estimate of drug-likeness (QED) is 0.430. The second kappa shape index (κ2) is 8.04. The molecular formula is C10H16O4. The number of hydrogen-bond donors (Lipinski definition) is 1. The van der Waals surface area contributed by atoms with E-state index in [1.54, 1.807) is 13.8 Å². The van der Waals surface area contributed by atoms with E-state index in [1.165, 1.54) is 6.92 Å². The number of ether oxygens (including phenoxy) is 1. The average Bonchev–Trinajstić information content (AvgIpc) is 1.79. The molecule has 4 nitrogen and oxygen atoms in total. The Morgan fingerprint density at radius 2 is 1.64 bits per heavy atom. The van der Waals surface area contributed by atoms with Gasteiger partial charge in [0.25, 0.3) is 0 Å². The van der Waals surface area contributed by atoms with Crippen LogP contribution in [-0.4, -0.2) is 17.0 Å². The van der Waals surface area contributed by atoms with Crippen molar-refractivity contribution in [1.82, 2.24) is 0 Å². The molecule has 0 amide bonds. The number of rotatable bonds is 3. The first-order chi connectivity index (χ1) is 6.25. The van der Waals surface area contributed by atoms with Crippen LogP contribution in [0.3, 0.4) is 0 Å². The van der Waals surface area contributed by atoms with Crippen molar-refractivity contribution < 1.29 is 19.4 Å². The summed E-state index contributed by atoms with van der Waals surface area (Å²) in [5.41, 5.74) is 0.688. The van der Waals surface area contributed by atoms with Crippen molar-refractivity contribution in [2.24, 2.45) is 0 Å². The molecule has 0 radical (unpaired) electrons. The van der Waals surface area contributed by atoms with E-state index in [4.69, 9.17) is 5.11 Å². The zero-order valence-corrected chi connectivity index (χ0v) is 8.79. The van der Waals surface area contributed by atoms with Gasteiger partial charge < -0.3 is 9.84 Å². The average molecular weight is 200 g/mol. The first-order valence-electron chi connectivity index (χ1n) is 3.95. The van der Waals surface area contributed by atoms with E-state index < -0.39 is 5.97 Å². The van der Waals surface area contributed by atoms with Crippen molar-refractivity contribution in [3.8, 4) is 0 Å². The summed E-state index contributed by atoms with van der Waals surface area (Å²) in [7, 11) is 0. The maximum absolute atomic E-state index is 9.97. The smallest absolute Gasteiger partial charge is 0.307 e.